The Hall–Kier alpha value is -4.21. The number of rotatable bonds is 6. The highest BCUT2D eigenvalue weighted by Gasteiger charge is 2.14. The largest absolute Gasteiger partial charge is 0.497 e. The molecule has 0 radical (unpaired) electrons. The van der Waals surface area contributed by atoms with Gasteiger partial charge in [0.2, 0.25) is 0 Å². The summed E-state index contributed by atoms with van der Waals surface area (Å²) < 4.78 is 11.6. The van der Waals surface area contributed by atoms with E-state index in [9.17, 15) is 14.4 Å². The van der Waals surface area contributed by atoms with Crippen molar-refractivity contribution in [2.45, 2.75) is 13.8 Å². The Morgan fingerprint density at radius 1 is 1.06 bits per heavy atom. The van der Waals surface area contributed by atoms with E-state index >= 15 is 0 Å². The Kier molecular flexibility index (Phi) is 6.61. The van der Waals surface area contributed by atoms with Crippen molar-refractivity contribution < 1.29 is 23.9 Å². The Morgan fingerprint density at radius 2 is 1.81 bits per heavy atom. The number of urea groups is 1. The van der Waals surface area contributed by atoms with Crippen LogP contribution in [0.15, 0.2) is 48.7 Å². The molecule has 2 N–H and O–H groups in total. The highest BCUT2D eigenvalue weighted by Crippen LogP contribution is 2.14. The van der Waals surface area contributed by atoms with Crippen LogP contribution in [0.25, 0.3) is 5.82 Å². The third kappa shape index (κ3) is 5.66. The first-order valence-corrected chi connectivity index (χ1v) is 9.27. The molecule has 2 aromatic heterocycles. The predicted octanol–water partition coefficient (Wildman–Crippen LogP) is 2.40. The normalized spacial score (nSPS) is 10.3. The maximum absolute atomic E-state index is 12.1. The van der Waals surface area contributed by atoms with Gasteiger partial charge in [-0.25, -0.2) is 19.3 Å². The van der Waals surface area contributed by atoms with E-state index < -0.39 is 24.5 Å². The van der Waals surface area contributed by atoms with E-state index in [1.807, 2.05) is 19.9 Å². The van der Waals surface area contributed by atoms with Gasteiger partial charge in [0.25, 0.3) is 5.91 Å². The number of nitrogens with zero attached hydrogens (tertiary/aromatic N) is 3. The summed E-state index contributed by atoms with van der Waals surface area (Å²) in [5.41, 5.74) is 2.40. The number of methoxy groups -OCH3 is 1. The van der Waals surface area contributed by atoms with Gasteiger partial charge in [0, 0.05) is 17.6 Å². The van der Waals surface area contributed by atoms with E-state index in [2.05, 4.69) is 20.7 Å². The van der Waals surface area contributed by atoms with Crippen LogP contribution in [0.1, 0.15) is 21.7 Å². The smallest absolute Gasteiger partial charge is 0.340 e. The number of amides is 3. The number of anilines is 1. The average molecular weight is 423 g/mol. The Bertz CT molecular complexity index is 1090. The lowest BCUT2D eigenvalue weighted by Crippen LogP contribution is -2.37. The second-order valence-electron chi connectivity index (χ2n) is 6.55. The first-order chi connectivity index (χ1) is 14.9. The zero-order valence-corrected chi connectivity index (χ0v) is 17.2. The van der Waals surface area contributed by atoms with E-state index in [1.54, 1.807) is 35.0 Å². The second kappa shape index (κ2) is 9.53. The number of carbonyl (C=O) groups excluding carboxylic acids is 3. The quantitative estimate of drug-likeness (QED) is 0.583. The fourth-order valence-electron chi connectivity index (χ4n) is 2.71. The number of esters is 1. The minimum Gasteiger partial charge on any atom is -0.497 e. The molecule has 31 heavy (non-hydrogen) atoms. The van der Waals surface area contributed by atoms with Crippen LogP contribution >= 0.6 is 0 Å². The lowest BCUT2D eigenvalue weighted by atomic mass is 10.3. The number of ether oxygens (including phenoxy) is 2. The van der Waals surface area contributed by atoms with Crippen molar-refractivity contribution in [3.63, 3.8) is 0 Å². The summed E-state index contributed by atoms with van der Waals surface area (Å²) in [6.07, 6.45) is 1.34. The van der Waals surface area contributed by atoms with E-state index in [0.717, 1.165) is 11.4 Å². The highest BCUT2D eigenvalue weighted by atomic mass is 16.5. The summed E-state index contributed by atoms with van der Waals surface area (Å²) in [4.78, 5) is 40.1. The Labute approximate surface area is 178 Å². The lowest BCUT2D eigenvalue weighted by Gasteiger charge is -2.08. The molecule has 0 atom stereocenters. The van der Waals surface area contributed by atoms with Gasteiger partial charge < -0.3 is 14.8 Å². The number of carbonyl (C=O) groups is 3. The van der Waals surface area contributed by atoms with Gasteiger partial charge in [-0.3, -0.25) is 10.1 Å². The minimum atomic E-state index is -0.772. The maximum Gasteiger partial charge on any atom is 0.340 e. The van der Waals surface area contributed by atoms with Gasteiger partial charge in [-0.15, -0.1) is 0 Å². The van der Waals surface area contributed by atoms with Gasteiger partial charge in [0.05, 0.1) is 18.4 Å². The van der Waals surface area contributed by atoms with Crippen LogP contribution in [0.5, 0.6) is 5.75 Å². The fraction of sp³-hybridized carbons (Fsp3) is 0.190. The van der Waals surface area contributed by atoms with Crippen LogP contribution in [-0.2, 0) is 9.53 Å². The zero-order chi connectivity index (χ0) is 22.4. The minimum absolute atomic E-state index is 0.167. The third-order valence-corrected chi connectivity index (χ3v) is 4.15. The Balaban J connectivity index is 1.48. The van der Waals surface area contributed by atoms with Crippen LogP contribution in [0.2, 0.25) is 0 Å². The summed E-state index contributed by atoms with van der Waals surface area (Å²) >= 11 is 0. The maximum atomic E-state index is 12.1. The number of aromatic nitrogens is 3. The van der Waals surface area contributed by atoms with Crippen molar-refractivity contribution in [1.29, 1.82) is 0 Å². The van der Waals surface area contributed by atoms with Crippen LogP contribution < -0.4 is 15.4 Å². The van der Waals surface area contributed by atoms with Gasteiger partial charge >= 0.3 is 12.0 Å². The van der Waals surface area contributed by atoms with Gasteiger partial charge in [-0.2, -0.15) is 5.10 Å². The molecule has 3 aromatic rings. The molecule has 0 bridgehead atoms. The number of aryl methyl sites for hydroxylation is 2. The molecular weight excluding hydrogens is 402 g/mol. The Morgan fingerprint density at radius 3 is 2.39 bits per heavy atom. The summed E-state index contributed by atoms with van der Waals surface area (Å²) in [6.45, 7) is 3.15. The fourth-order valence-corrected chi connectivity index (χ4v) is 2.71. The molecule has 0 aliphatic carbocycles. The molecule has 10 nitrogen and oxygen atoms in total. The number of hydrogen-bond donors (Lipinski definition) is 2. The standard InChI is InChI=1S/C21H21N5O5/c1-13-10-14(2)26(25-13)18-9-4-15(11-22-18)20(28)31-12-19(27)24-21(29)23-16-5-7-17(30-3)8-6-16/h4-11H,12H2,1-3H3,(H2,23,24,27,29). The molecule has 0 aliphatic heterocycles. The summed E-state index contributed by atoms with van der Waals surface area (Å²) in [6, 6.07) is 10.9. The van der Waals surface area contributed by atoms with E-state index in [-0.39, 0.29) is 5.56 Å². The molecule has 3 amide bonds. The van der Waals surface area contributed by atoms with Crippen LogP contribution in [0, 0.1) is 13.8 Å². The monoisotopic (exact) mass is 423 g/mol. The summed E-state index contributed by atoms with van der Waals surface area (Å²) in [5.74, 6) is -0.328. The molecule has 0 saturated carbocycles. The average Bonchev–Trinajstić information content (AvgIpc) is 3.10. The van der Waals surface area contributed by atoms with E-state index in [4.69, 9.17) is 9.47 Å². The highest BCUT2D eigenvalue weighted by molar-refractivity contribution is 6.02. The van der Waals surface area contributed by atoms with E-state index in [1.165, 1.54) is 19.4 Å². The van der Waals surface area contributed by atoms with Crippen molar-refractivity contribution in [2.24, 2.45) is 0 Å². The van der Waals surface area contributed by atoms with Crippen LogP contribution in [0.4, 0.5) is 10.5 Å². The first kappa shape index (κ1) is 21.5. The van der Waals surface area contributed by atoms with Gasteiger partial charge in [-0.05, 0) is 56.3 Å². The number of imide groups is 1. The summed E-state index contributed by atoms with van der Waals surface area (Å²) in [7, 11) is 1.53. The molecule has 2 heterocycles. The molecule has 0 saturated heterocycles. The summed E-state index contributed by atoms with van der Waals surface area (Å²) in [5, 5.41) is 8.89. The molecule has 0 unspecified atom stereocenters. The topological polar surface area (TPSA) is 124 Å². The van der Waals surface area contributed by atoms with Crippen molar-refractivity contribution in [1.82, 2.24) is 20.1 Å². The molecular formula is C21H21N5O5. The molecule has 0 spiro atoms. The number of nitrogens with one attached hydrogen (secondary N) is 2. The van der Waals surface area contributed by atoms with Crippen LogP contribution in [0.3, 0.4) is 0 Å². The van der Waals surface area contributed by atoms with Gasteiger partial charge in [-0.1, -0.05) is 0 Å². The molecule has 1 aromatic carbocycles. The molecule has 0 fully saturated rings. The SMILES string of the molecule is COc1ccc(NC(=O)NC(=O)COC(=O)c2ccc(-n3nc(C)cc3C)nc2)cc1. The van der Waals surface area contributed by atoms with Crippen molar-refractivity contribution in [3.05, 3.63) is 65.6 Å². The zero-order valence-electron chi connectivity index (χ0n) is 17.2. The number of hydrogen-bond acceptors (Lipinski definition) is 7. The van der Waals surface area contributed by atoms with Crippen LogP contribution in [-0.4, -0.2) is 46.4 Å². The van der Waals surface area contributed by atoms with Crippen molar-refractivity contribution in [3.8, 4) is 11.6 Å². The number of pyridine rings is 1. The first-order valence-electron chi connectivity index (χ1n) is 9.27. The van der Waals surface area contributed by atoms with Crippen molar-refractivity contribution in [2.75, 3.05) is 19.0 Å². The lowest BCUT2D eigenvalue weighted by molar-refractivity contribution is -0.123. The van der Waals surface area contributed by atoms with Gasteiger partial charge in [0.15, 0.2) is 12.4 Å². The molecule has 160 valence electrons. The van der Waals surface area contributed by atoms with Gasteiger partial charge in [0.1, 0.15) is 5.75 Å². The molecule has 3 rings (SSSR count). The van der Waals surface area contributed by atoms with E-state index in [0.29, 0.717) is 17.3 Å². The second-order valence-corrected chi connectivity index (χ2v) is 6.55. The molecule has 10 heteroatoms. The van der Waals surface area contributed by atoms with Crippen molar-refractivity contribution >= 4 is 23.6 Å². The predicted molar refractivity (Wildman–Crippen MR) is 111 cm³/mol. The number of benzene rings is 1. The third-order valence-electron chi connectivity index (χ3n) is 4.15. The molecule has 0 aliphatic rings.